The largest absolute Gasteiger partial charge is 0.444 e. The molecule has 1 aromatic carbocycles. The topological polar surface area (TPSA) is 46.5 Å². The van der Waals surface area contributed by atoms with Crippen LogP contribution >= 0.6 is 0 Å². The first kappa shape index (κ1) is 24.8. The van der Waals surface area contributed by atoms with Crippen molar-refractivity contribution in [3.8, 4) is 0 Å². The van der Waals surface area contributed by atoms with Gasteiger partial charge in [-0.3, -0.25) is 4.90 Å². The highest BCUT2D eigenvalue weighted by Crippen LogP contribution is 2.44. The van der Waals surface area contributed by atoms with Crippen LogP contribution in [0.2, 0.25) is 16.6 Å². The van der Waals surface area contributed by atoms with Crippen LogP contribution in [0.5, 0.6) is 0 Å². The van der Waals surface area contributed by atoms with E-state index in [4.69, 9.17) is 4.74 Å². The molecule has 0 saturated carbocycles. The highest BCUT2D eigenvalue weighted by atomic mass is 28.3. The predicted octanol–water partition coefficient (Wildman–Crippen LogP) is 6.55. The molecule has 1 aliphatic rings. The second-order valence-corrected chi connectivity index (χ2v) is 17.0. The number of amides is 1. The number of rotatable bonds is 5. The molecule has 3 rings (SSSR count). The smallest absolute Gasteiger partial charge is 0.410 e. The molecule has 1 fully saturated rings. The fourth-order valence-electron chi connectivity index (χ4n) is 6.07. The van der Waals surface area contributed by atoms with Crippen molar-refractivity contribution in [2.24, 2.45) is 0 Å². The average Bonchev–Trinajstić information content (AvgIpc) is 3.09. The summed E-state index contributed by atoms with van der Waals surface area (Å²) in [5.41, 5.74) is 3.85. The van der Waals surface area contributed by atoms with Gasteiger partial charge in [-0.05, 0) is 66.7 Å². The summed E-state index contributed by atoms with van der Waals surface area (Å²) in [7, 11) is -1.86. The van der Waals surface area contributed by atoms with Crippen LogP contribution in [0.1, 0.15) is 73.9 Å². The molecule has 6 heteroatoms. The second-order valence-electron chi connectivity index (χ2n) is 11.2. The van der Waals surface area contributed by atoms with E-state index in [0.29, 0.717) is 23.2 Å². The van der Waals surface area contributed by atoms with E-state index in [2.05, 4.69) is 81.6 Å². The Morgan fingerprint density at radius 2 is 1.69 bits per heavy atom. The molecule has 0 spiro atoms. The van der Waals surface area contributed by atoms with Crippen LogP contribution in [0.25, 0.3) is 10.9 Å². The maximum atomic E-state index is 13.0. The number of fused-ring (bicyclic) bond motifs is 1. The molecule has 32 heavy (non-hydrogen) atoms. The first-order valence-electron chi connectivity index (χ1n) is 12.2. The Morgan fingerprint density at radius 1 is 1.06 bits per heavy atom. The lowest BCUT2D eigenvalue weighted by molar-refractivity contribution is 0.0118. The van der Waals surface area contributed by atoms with Gasteiger partial charge in [0.25, 0.3) is 0 Å². The molecule has 1 N–H and O–H groups in total. The van der Waals surface area contributed by atoms with E-state index in [-0.39, 0.29) is 12.1 Å². The van der Waals surface area contributed by atoms with E-state index < -0.39 is 13.8 Å². The molecule has 0 aliphatic carbocycles. The molecular formula is C26H43N3O2Si. The normalized spacial score (nSPS) is 18.2. The number of nitrogens with zero attached hydrogens (tertiary/aromatic N) is 2. The van der Waals surface area contributed by atoms with Crippen LogP contribution in [0, 0.1) is 0 Å². The summed E-state index contributed by atoms with van der Waals surface area (Å²) in [6, 6.07) is 8.98. The summed E-state index contributed by atoms with van der Waals surface area (Å²) >= 11 is 0. The molecule has 1 atom stereocenters. The van der Waals surface area contributed by atoms with E-state index in [1.807, 2.05) is 25.7 Å². The minimum atomic E-state index is -1.86. The molecule has 5 nitrogen and oxygen atoms in total. The molecule has 1 aliphatic heterocycles. The number of hydrogen-bond donors (Lipinski definition) is 1. The number of ether oxygens (including phenoxy) is 1. The quantitative estimate of drug-likeness (QED) is 0.518. The lowest BCUT2D eigenvalue weighted by atomic mass is 10.0. The number of nitrogens with one attached hydrogen (secondary N) is 1. The van der Waals surface area contributed by atoms with Crippen LogP contribution in [0.3, 0.4) is 0 Å². The van der Waals surface area contributed by atoms with Gasteiger partial charge < -0.3 is 14.3 Å². The van der Waals surface area contributed by atoms with Crippen LogP contribution < -0.4 is 5.32 Å². The molecule has 1 saturated heterocycles. The van der Waals surface area contributed by atoms with Crippen molar-refractivity contribution in [1.82, 2.24) is 14.4 Å². The lowest BCUT2D eigenvalue weighted by Gasteiger charge is -2.44. The Morgan fingerprint density at radius 3 is 2.25 bits per heavy atom. The summed E-state index contributed by atoms with van der Waals surface area (Å²) in [5, 5.41) is 4.75. The SMILES string of the molecule is CC(C)[Si](C(C)C)(C(C)C)n1ccc2ccc(C3CNCCN3C(=O)OC(C)(C)C)cc21. The molecule has 2 heterocycles. The molecule has 2 aromatic rings. The number of carbonyl (C=O) groups excluding carboxylic acids is 1. The predicted molar refractivity (Wildman–Crippen MR) is 137 cm³/mol. The zero-order valence-electron chi connectivity index (χ0n) is 21.5. The van der Waals surface area contributed by atoms with Gasteiger partial charge in [0.15, 0.2) is 8.24 Å². The minimum Gasteiger partial charge on any atom is -0.444 e. The summed E-state index contributed by atoms with van der Waals surface area (Å²) in [6.45, 7) is 22.4. The number of hydrogen-bond acceptors (Lipinski definition) is 3. The highest BCUT2D eigenvalue weighted by molar-refractivity contribution is 6.82. The van der Waals surface area contributed by atoms with E-state index >= 15 is 0 Å². The van der Waals surface area contributed by atoms with Crippen LogP contribution in [0.15, 0.2) is 30.5 Å². The Kier molecular flexibility index (Phi) is 7.16. The average molecular weight is 458 g/mol. The molecular weight excluding hydrogens is 414 g/mol. The number of piperazine rings is 1. The first-order valence-corrected chi connectivity index (χ1v) is 14.4. The van der Waals surface area contributed by atoms with Gasteiger partial charge in [0.2, 0.25) is 0 Å². The Labute approximate surface area is 195 Å². The van der Waals surface area contributed by atoms with Gasteiger partial charge in [-0.25, -0.2) is 4.79 Å². The zero-order chi connectivity index (χ0) is 23.8. The fraction of sp³-hybridized carbons (Fsp3) is 0.654. The van der Waals surface area contributed by atoms with Crippen molar-refractivity contribution in [3.63, 3.8) is 0 Å². The fourth-order valence-corrected chi connectivity index (χ4v) is 12.7. The van der Waals surface area contributed by atoms with Gasteiger partial charge in [0.05, 0.1) is 6.04 Å². The van der Waals surface area contributed by atoms with E-state index in [1.54, 1.807) is 0 Å². The first-order chi connectivity index (χ1) is 14.9. The Hall–Kier alpha value is -1.79. The molecule has 1 unspecified atom stereocenters. The van der Waals surface area contributed by atoms with E-state index in [9.17, 15) is 4.79 Å². The van der Waals surface area contributed by atoms with E-state index in [0.717, 1.165) is 13.1 Å². The summed E-state index contributed by atoms with van der Waals surface area (Å²) < 4.78 is 8.39. The van der Waals surface area contributed by atoms with Crippen molar-refractivity contribution in [1.29, 1.82) is 0 Å². The third kappa shape index (κ3) is 4.49. The number of carbonyl (C=O) groups is 1. The van der Waals surface area contributed by atoms with Crippen molar-refractivity contribution in [3.05, 3.63) is 36.0 Å². The van der Waals surface area contributed by atoms with Crippen molar-refractivity contribution in [2.45, 2.75) is 90.6 Å². The van der Waals surface area contributed by atoms with Crippen molar-refractivity contribution < 1.29 is 9.53 Å². The molecule has 1 amide bonds. The van der Waals surface area contributed by atoms with E-state index in [1.165, 1.54) is 16.5 Å². The van der Waals surface area contributed by atoms with Gasteiger partial charge in [-0.1, -0.05) is 53.7 Å². The monoisotopic (exact) mass is 457 g/mol. The third-order valence-electron chi connectivity index (χ3n) is 7.17. The second kappa shape index (κ2) is 9.22. The zero-order valence-corrected chi connectivity index (χ0v) is 22.5. The highest BCUT2D eigenvalue weighted by Gasteiger charge is 2.45. The number of benzene rings is 1. The Balaban J connectivity index is 2.09. The van der Waals surface area contributed by atoms with Gasteiger partial charge >= 0.3 is 6.09 Å². The van der Waals surface area contributed by atoms with Crippen LogP contribution in [-0.4, -0.2) is 48.7 Å². The lowest BCUT2D eigenvalue weighted by Crippen LogP contribution is -2.51. The van der Waals surface area contributed by atoms with Gasteiger partial charge in [0, 0.05) is 25.2 Å². The summed E-state index contributed by atoms with van der Waals surface area (Å²) in [4.78, 5) is 14.9. The molecule has 0 bridgehead atoms. The van der Waals surface area contributed by atoms with Gasteiger partial charge in [-0.15, -0.1) is 0 Å². The minimum absolute atomic E-state index is 0.0282. The summed E-state index contributed by atoms with van der Waals surface area (Å²) in [5.74, 6) is 0. The van der Waals surface area contributed by atoms with Crippen molar-refractivity contribution in [2.75, 3.05) is 19.6 Å². The standard InChI is InChI=1S/C26H43N3O2Si/c1-18(2)32(19(3)4,20(5)6)29-14-12-21-10-11-22(16-23(21)29)24-17-27-13-15-28(24)25(30)31-26(7,8)9/h10-12,14,16,18-20,24,27H,13,15,17H2,1-9H3. The maximum Gasteiger partial charge on any atom is 0.410 e. The maximum absolute atomic E-state index is 13.0. The third-order valence-corrected chi connectivity index (χ3v) is 13.9. The number of aromatic nitrogens is 1. The van der Waals surface area contributed by atoms with Crippen LogP contribution in [0.4, 0.5) is 4.79 Å². The van der Waals surface area contributed by atoms with Gasteiger partial charge in [-0.2, -0.15) is 0 Å². The molecule has 1 aromatic heterocycles. The molecule has 0 radical (unpaired) electrons. The summed E-state index contributed by atoms with van der Waals surface area (Å²) in [6.07, 6.45) is 2.10. The molecule has 178 valence electrons. The van der Waals surface area contributed by atoms with Gasteiger partial charge in [0.1, 0.15) is 5.60 Å². The van der Waals surface area contributed by atoms with Crippen molar-refractivity contribution >= 4 is 25.2 Å². The Bertz CT molecular complexity index is 920. The van der Waals surface area contributed by atoms with Crippen LogP contribution in [-0.2, 0) is 4.74 Å².